The van der Waals surface area contributed by atoms with Gasteiger partial charge < -0.3 is 5.11 Å². The van der Waals surface area contributed by atoms with Gasteiger partial charge in [-0.3, -0.25) is 4.57 Å². The summed E-state index contributed by atoms with van der Waals surface area (Å²) in [6.07, 6.45) is 2.56. The van der Waals surface area contributed by atoms with E-state index >= 15 is 0 Å². The molecule has 2 aromatic rings. The van der Waals surface area contributed by atoms with Gasteiger partial charge in [-0.2, -0.15) is 0 Å². The van der Waals surface area contributed by atoms with Crippen LogP contribution in [0.2, 0.25) is 0 Å². The summed E-state index contributed by atoms with van der Waals surface area (Å²) in [7, 11) is 0. The summed E-state index contributed by atoms with van der Waals surface area (Å²) in [6, 6.07) is 8.24. The number of thioether (sulfide) groups is 1. The standard InChI is InChI=1S/C17H23N3OS/c1-5-10-20-15(14-8-6-7-13(2)12-14)18-19-16(20)22-11-9-17(3,4)21/h5-8,12,21H,1,9-11H2,2-4H3. The van der Waals surface area contributed by atoms with E-state index in [9.17, 15) is 5.11 Å². The van der Waals surface area contributed by atoms with E-state index in [1.165, 1.54) is 5.56 Å². The Hall–Kier alpha value is -1.59. The van der Waals surface area contributed by atoms with Gasteiger partial charge in [-0.15, -0.1) is 16.8 Å². The smallest absolute Gasteiger partial charge is 0.191 e. The Morgan fingerprint density at radius 3 is 2.77 bits per heavy atom. The number of aliphatic hydroxyl groups is 1. The van der Waals surface area contributed by atoms with E-state index in [1.807, 2.05) is 32.1 Å². The quantitative estimate of drug-likeness (QED) is 0.625. The molecule has 0 saturated heterocycles. The number of aromatic nitrogens is 3. The van der Waals surface area contributed by atoms with E-state index in [4.69, 9.17) is 0 Å². The molecule has 0 radical (unpaired) electrons. The molecule has 22 heavy (non-hydrogen) atoms. The van der Waals surface area contributed by atoms with Gasteiger partial charge in [0, 0.05) is 17.9 Å². The number of nitrogens with zero attached hydrogens (tertiary/aromatic N) is 3. The summed E-state index contributed by atoms with van der Waals surface area (Å²) in [5, 5.41) is 19.3. The molecule has 0 saturated carbocycles. The van der Waals surface area contributed by atoms with Crippen LogP contribution in [0.3, 0.4) is 0 Å². The second-order valence-electron chi connectivity index (χ2n) is 5.99. The maximum atomic E-state index is 9.81. The number of hydrogen-bond acceptors (Lipinski definition) is 4. The van der Waals surface area contributed by atoms with Crippen LogP contribution in [0.1, 0.15) is 25.8 Å². The number of allylic oxidation sites excluding steroid dienone is 1. The van der Waals surface area contributed by atoms with Crippen LogP contribution in [0.5, 0.6) is 0 Å². The third-order valence-electron chi connectivity index (χ3n) is 3.25. The topological polar surface area (TPSA) is 50.9 Å². The van der Waals surface area contributed by atoms with E-state index in [0.717, 1.165) is 22.3 Å². The molecule has 1 N–H and O–H groups in total. The molecular formula is C17H23N3OS. The molecule has 5 heteroatoms. The van der Waals surface area contributed by atoms with Gasteiger partial charge >= 0.3 is 0 Å². The number of benzene rings is 1. The number of rotatable bonds is 7. The third-order valence-corrected chi connectivity index (χ3v) is 4.22. The van der Waals surface area contributed by atoms with Crippen molar-refractivity contribution in [2.24, 2.45) is 0 Å². The van der Waals surface area contributed by atoms with Crippen LogP contribution in [0.25, 0.3) is 11.4 Å². The Labute approximate surface area is 136 Å². The van der Waals surface area contributed by atoms with Gasteiger partial charge in [-0.05, 0) is 33.3 Å². The maximum Gasteiger partial charge on any atom is 0.191 e. The predicted molar refractivity (Wildman–Crippen MR) is 92.0 cm³/mol. The van der Waals surface area contributed by atoms with Crippen molar-refractivity contribution in [3.63, 3.8) is 0 Å². The molecule has 1 aromatic carbocycles. The first-order valence-electron chi connectivity index (χ1n) is 7.37. The van der Waals surface area contributed by atoms with Crippen LogP contribution in [0, 0.1) is 6.92 Å². The van der Waals surface area contributed by atoms with Crippen molar-refractivity contribution >= 4 is 11.8 Å². The first-order chi connectivity index (χ1) is 10.4. The highest BCUT2D eigenvalue weighted by molar-refractivity contribution is 7.99. The molecule has 0 atom stereocenters. The van der Waals surface area contributed by atoms with E-state index in [0.29, 0.717) is 13.0 Å². The second kappa shape index (κ2) is 7.11. The van der Waals surface area contributed by atoms with Crippen LogP contribution in [0.15, 0.2) is 42.1 Å². The molecule has 0 aliphatic heterocycles. The molecule has 0 fully saturated rings. The van der Waals surface area contributed by atoms with Gasteiger partial charge in [0.25, 0.3) is 0 Å². The molecule has 2 rings (SSSR count). The Bertz CT molecular complexity index is 644. The Balaban J connectivity index is 2.23. The lowest BCUT2D eigenvalue weighted by Gasteiger charge is -2.16. The van der Waals surface area contributed by atoms with Crippen molar-refractivity contribution in [2.75, 3.05) is 5.75 Å². The first kappa shape index (κ1) is 16.8. The van der Waals surface area contributed by atoms with Gasteiger partial charge in [-0.25, -0.2) is 0 Å². The fourth-order valence-electron chi connectivity index (χ4n) is 2.08. The summed E-state index contributed by atoms with van der Waals surface area (Å²) in [6.45, 7) is 10.2. The highest BCUT2D eigenvalue weighted by Crippen LogP contribution is 2.26. The van der Waals surface area contributed by atoms with Gasteiger partial charge in [0.05, 0.1) is 5.60 Å². The minimum atomic E-state index is -0.657. The van der Waals surface area contributed by atoms with Crippen molar-refractivity contribution in [1.29, 1.82) is 0 Å². The number of aryl methyl sites for hydroxylation is 1. The summed E-state index contributed by atoms with van der Waals surface area (Å²) in [5.74, 6) is 1.65. The average molecular weight is 317 g/mol. The van der Waals surface area contributed by atoms with Gasteiger partial charge in [0.1, 0.15) is 0 Å². The van der Waals surface area contributed by atoms with Crippen molar-refractivity contribution < 1.29 is 5.11 Å². The Morgan fingerprint density at radius 1 is 1.36 bits per heavy atom. The van der Waals surface area contributed by atoms with Gasteiger partial charge in [0.2, 0.25) is 0 Å². The molecule has 0 spiro atoms. The summed E-state index contributed by atoms with van der Waals surface area (Å²) >= 11 is 1.62. The molecule has 0 aliphatic rings. The van der Waals surface area contributed by atoms with Crippen molar-refractivity contribution in [2.45, 2.75) is 44.5 Å². The molecule has 1 aromatic heterocycles. The van der Waals surface area contributed by atoms with E-state index in [-0.39, 0.29) is 0 Å². The van der Waals surface area contributed by atoms with Crippen LogP contribution < -0.4 is 0 Å². The lowest BCUT2D eigenvalue weighted by atomic mass is 10.1. The average Bonchev–Trinajstić information content (AvgIpc) is 2.81. The largest absolute Gasteiger partial charge is 0.390 e. The highest BCUT2D eigenvalue weighted by Gasteiger charge is 2.16. The predicted octanol–water partition coefficient (Wildman–Crippen LogP) is 3.69. The number of hydrogen-bond donors (Lipinski definition) is 1. The fourth-order valence-corrected chi connectivity index (χ4v) is 3.28. The van der Waals surface area contributed by atoms with E-state index in [1.54, 1.807) is 11.8 Å². The van der Waals surface area contributed by atoms with Crippen LogP contribution in [0.4, 0.5) is 0 Å². The van der Waals surface area contributed by atoms with Crippen LogP contribution in [-0.2, 0) is 6.54 Å². The summed E-state index contributed by atoms with van der Waals surface area (Å²) < 4.78 is 2.07. The van der Waals surface area contributed by atoms with Crippen LogP contribution >= 0.6 is 11.8 Å². The van der Waals surface area contributed by atoms with Gasteiger partial charge in [0.15, 0.2) is 11.0 Å². The Morgan fingerprint density at radius 2 is 2.14 bits per heavy atom. The molecule has 1 heterocycles. The SMILES string of the molecule is C=CCn1c(SCCC(C)(C)O)nnc1-c1cccc(C)c1. The monoisotopic (exact) mass is 317 g/mol. The molecule has 118 valence electrons. The minimum absolute atomic E-state index is 0.657. The molecule has 0 aliphatic carbocycles. The zero-order chi connectivity index (χ0) is 16.2. The van der Waals surface area contributed by atoms with E-state index in [2.05, 4.69) is 40.4 Å². The second-order valence-corrected chi connectivity index (χ2v) is 7.05. The Kier molecular flexibility index (Phi) is 5.42. The maximum absolute atomic E-state index is 9.81. The molecular weight excluding hydrogens is 294 g/mol. The third kappa shape index (κ3) is 4.45. The zero-order valence-electron chi connectivity index (χ0n) is 13.4. The lowest BCUT2D eigenvalue weighted by Crippen LogP contribution is -2.19. The normalized spacial score (nSPS) is 11.6. The molecule has 0 amide bonds. The lowest BCUT2D eigenvalue weighted by molar-refractivity contribution is 0.0777. The van der Waals surface area contributed by atoms with Crippen LogP contribution in [-0.4, -0.2) is 31.2 Å². The molecule has 4 nitrogen and oxygen atoms in total. The van der Waals surface area contributed by atoms with E-state index < -0.39 is 5.60 Å². The van der Waals surface area contributed by atoms with Gasteiger partial charge in [-0.1, -0.05) is 41.6 Å². The minimum Gasteiger partial charge on any atom is -0.390 e. The van der Waals surface area contributed by atoms with Crippen molar-refractivity contribution in [3.05, 3.63) is 42.5 Å². The summed E-state index contributed by atoms with van der Waals surface area (Å²) in [5.41, 5.74) is 1.60. The zero-order valence-corrected chi connectivity index (χ0v) is 14.2. The highest BCUT2D eigenvalue weighted by atomic mass is 32.2. The molecule has 0 unspecified atom stereocenters. The summed E-state index contributed by atoms with van der Waals surface area (Å²) in [4.78, 5) is 0. The van der Waals surface area contributed by atoms with Crippen molar-refractivity contribution in [3.8, 4) is 11.4 Å². The van der Waals surface area contributed by atoms with Crippen molar-refractivity contribution in [1.82, 2.24) is 14.8 Å². The fraction of sp³-hybridized carbons (Fsp3) is 0.412. The first-order valence-corrected chi connectivity index (χ1v) is 8.35. The molecule has 0 bridgehead atoms.